The lowest BCUT2D eigenvalue weighted by molar-refractivity contribution is -0.119. The first-order valence-corrected chi connectivity index (χ1v) is 9.13. The quantitative estimate of drug-likeness (QED) is 0.651. The zero-order valence-electron chi connectivity index (χ0n) is 15.1. The highest BCUT2D eigenvalue weighted by atomic mass is 16.5. The van der Waals surface area contributed by atoms with Crippen molar-refractivity contribution in [1.82, 2.24) is 5.01 Å². The van der Waals surface area contributed by atoms with Gasteiger partial charge in [0.05, 0.1) is 18.6 Å². The highest BCUT2D eigenvalue weighted by Crippen LogP contribution is 2.29. The Kier molecular flexibility index (Phi) is 6.49. The predicted octanol–water partition coefficient (Wildman–Crippen LogP) is 3.61. The van der Waals surface area contributed by atoms with Crippen molar-refractivity contribution in [2.45, 2.75) is 51.7 Å². The molecule has 0 aromatic carbocycles. The molecule has 0 spiro atoms. The van der Waals surface area contributed by atoms with Gasteiger partial charge in [-0.25, -0.2) is 5.01 Å². The lowest BCUT2D eigenvalue weighted by Gasteiger charge is -2.24. The fraction of sp³-hybridized carbons (Fsp3) is 0.526. The summed E-state index contributed by atoms with van der Waals surface area (Å²) in [5.74, 6) is 1.10. The molecule has 1 fully saturated rings. The maximum atomic E-state index is 12.3. The summed E-state index contributed by atoms with van der Waals surface area (Å²) < 4.78 is 16.4. The normalized spacial score (nSPS) is 16.5. The molecule has 7 nitrogen and oxygen atoms in total. The highest BCUT2D eigenvalue weighted by Gasteiger charge is 2.33. The average Bonchev–Trinajstić information content (AvgIpc) is 3.36. The molecule has 2 aromatic heterocycles. The fourth-order valence-electron chi connectivity index (χ4n) is 3.00. The summed E-state index contributed by atoms with van der Waals surface area (Å²) >= 11 is 0. The number of aliphatic hydroxyl groups excluding tert-OH is 1. The first kappa shape index (κ1) is 18.7. The second-order valence-electron chi connectivity index (χ2n) is 6.47. The highest BCUT2D eigenvalue weighted by molar-refractivity contribution is 5.93. The standard InChI is InChI=1S/C19H26N2O5/c1-2-3-4-7-17(22)15-11-19(26-12-15)21-18(23)8-9-20(21)14-24-13-16-6-5-10-25-16/h5-6,10-12,17,22H,2-4,7-9,13-14H2,1H3. The second-order valence-corrected chi connectivity index (χ2v) is 6.47. The molecule has 0 radical (unpaired) electrons. The number of anilines is 1. The zero-order chi connectivity index (χ0) is 18.4. The monoisotopic (exact) mass is 362 g/mol. The van der Waals surface area contributed by atoms with Crippen molar-refractivity contribution in [3.05, 3.63) is 42.0 Å². The van der Waals surface area contributed by atoms with E-state index in [4.69, 9.17) is 13.6 Å². The largest absolute Gasteiger partial charge is 0.467 e. The number of hydrogen-bond donors (Lipinski definition) is 1. The van der Waals surface area contributed by atoms with Crippen LogP contribution in [0.1, 0.15) is 56.5 Å². The van der Waals surface area contributed by atoms with Crippen LogP contribution in [0.5, 0.6) is 0 Å². The summed E-state index contributed by atoms with van der Waals surface area (Å²) in [6.07, 6.45) is 6.82. The third-order valence-corrected chi connectivity index (χ3v) is 4.45. The van der Waals surface area contributed by atoms with Gasteiger partial charge in [-0.2, -0.15) is 5.01 Å². The molecule has 1 atom stereocenters. The molecule has 2 aromatic rings. The number of hydrogen-bond acceptors (Lipinski definition) is 6. The van der Waals surface area contributed by atoms with Gasteiger partial charge in [-0.05, 0) is 18.6 Å². The van der Waals surface area contributed by atoms with Gasteiger partial charge in [0.2, 0.25) is 11.8 Å². The Balaban J connectivity index is 1.57. The third kappa shape index (κ3) is 4.55. The Hall–Kier alpha value is -2.09. The lowest BCUT2D eigenvalue weighted by Crippen LogP contribution is -2.40. The van der Waals surface area contributed by atoms with E-state index in [1.807, 2.05) is 6.07 Å². The smallest absolute Gasteiger partial charge is 0.245 e. The molecule has 0 bridgehead atoms. The van der Waals surface area contributed by atoms with Crippen LogP contribution in [0, 0.1) is 0 Å². The van der Waals surface area contributed by atoms with E-state index in [-0.39, 0.29) is 12.6 Å². The molecule has 142 valence electrons. The Bertz CT molecular complexity index is 682. The van der Waals surface area contributed by atoms with Crippen molar-refractivity contribution >= 4 is 11.8 Å². The molecular weight excluding hydrogens is 336 g/mol. The second kappa shape index (κ2) is 9.02. The van der Waals surface area contributed by atoms with Gasteiger partial charge < -0.3 is 18.7 Å². The van der Waals surface area contributed by atoms with Crippen LogP contribution in [0.15, 0.2) is 39.6 Å². The number of hydrazine groups is 1. The van der Waals surface area contributed by atoms with Gasteiger partial charge in [0.25, 0.3) is 0 Å². The predicted molar refractivity (Wildman–Crippen MR) is 95.0 cm³/mol. The maximum Gasteiger partial charge on any atom is 0.245 e. The summed E-state index contributed by atoms with van der Waals surface area (Å²) in [5, 5.41) is 13.5. The number of aliphatic hydroxyl groups is 1. The number of carbonyl (C=O) groups excluding carboxylic acids is 1. The van der Waals surface area contributed by atoms with Gasteiger partial charge in [-0.15, -0.1) is 0 Å². The van der Waals surface area contributed by atoms with Gasteiger partial charge in [-0.3, -0.25) is 4.79 Å². The first-order valence-electron chi connectivity index (χ1n) is 9.13. The van der Waals surface area contributed by atoms with Crippen LogP contribution in [0.2, 0.25) is 0 Å². The van der Waals surface area contributed by atoms with Crippen molar-refractivity contribution < 1.29 is 23.5 Å². The van der Waals surface area contributed by atoms with Gasteiger partial charge in [0.1, 0.15) is 19.1 Å². The number of unbranched alkanes of at least 4 members (excludes halogenated alkanes) is 2. The molecule has 1 saturated heterocycles. The summed E-state index contributed by atoms with van der Waals surface area (Å²) in [7, 11) is 0. The first-order chi connectivity index (χ1) is 12.7. The molecule has 3 heterocycles. The van der Waals surface area contributed by atoms with Crippen LogP contribution in [-0.2, 0) is 16.1 Å². The molecule has 1 amide bonds. The Morgan fingerprint density at radius 2 is 2.23 bits per heavy atom. The summed E-state index contributed by atoms with van der Waals surface area (Å²) in [5.41, 5.74) is 0.701. The molecule has 1 unspecified atom stereocenters. The SMILES string of the molecule is CCCCCC(O)c1coc(N2C(=O)CCN2COCc2ccco2)c1. The van der Waals surface area contributed by atoms with Gasteiger partial charge in [0.15, 0.2) is 0 Å². The van der Waals surface area contributed by atoms with E-state index in [9.17, 15) is 9.90 Å². The molecule has 1 aliphatic heterocycles. The lowest BCUT2D eigenvalue weighted by atomic mass is 10.1. The maximum absolute atomic E-state index is 12.3. The zero-order valence-corrected chi connectivity index (χ0v) is 15.1. The Labute approximate surface area is 153 Å². The molecule has 0 saturated carbocycles. The van der Waals surface area contributed by atoms with Crippen LogP contribution in [0.4, 0.5) is 5.88 Å². The van der Waals surface area contributed by atoms with E-state index in [1.165, 1.54) is 11.3 Å². The van der Waals surface area contributed by atoms with Crippen molar-refractivity contribution in [3.63, 3.8) is 0 Å². The summed E-state index contributed by atoms with van der Waals surface area (Å²) in [6, 6.07) is 5.38. The van der Waals surface area contributed by atoms with Crippen molar-refractivity contribution in [2.75, 3.05) is 18.3 Å². The minimum atomic E-state index is -0.569. The molecule has 0 aliphatic carbocycles. The summed E-state index contributed by atoms with van der Waals surface area (Å²) in [4.78, 5) is 12.3. The molecule has 1 N–H and O–H groups in total. The van der Waals surface area contributed by atoms with Crippen molar-refractivity contribution in [1.29, 1.82) is 0 Å². The van der Waals surface area contributed by atoms with Crippen LogP contribution in [0.3, 0.4) is 0 Å². The minimum absolute atomic E-state index is 0.0482. The fourth-order valence-corrected chi connectivity index (χ4v) is 3.00. The third-order valence-electron chi connectivity index (χ3n) is 4.45. The molecule has 26 heavy (non-hydrogen) atoms. The summed E-state index contributed by atoms with van der Waals surface area (Å²) in [6.45, 7) is 3.28. The van der Waals surface area contributed by atoms with Crippen LogP contribution >= 0.6 is 0 Å². The van der Waals surface area contributed by atoms with Crippen LogP contribution < -0.4 is 5.01 Å². The van der Waals surface area contributed by atoms with E-state index in [2.05, 4.69) is 6.92 Å². The topological polar surface area (TPSA) is 79.3 Å². The van der Waals surface area contributed by atoms with E-state index in [0.29, 0.717) is 37.4 Å². The molecular formula is C19H26N2O5. The van der Waals surface area contributed by atoms with Crippen molar-refractivity contribution in [2.24, 2.45) is 0 Å². The van der Waals surface area contributed by atoms with Crippen molar-refractivity contribution in [3.8, 4) is 0 Å². The minimum Gasteiger partial charge on any atom is -0.467 e. The molecule has 1 aliphatic rings. The number of amides is 1. The van der Waals surface area contributed by atoms with Crippen LogP contribution in [0.25, 0.3) is 0 Å². The van der Waals surface area contributed by atoms with Gasteiger partial charge >= 0.3 is 0 Å². The Morgan fingerprint density at radius 3 is 3.00 bits per heavy atom. The number of rotatable bonds is 10. The van der Waals surface area contributed by atoms with E-state index in [0.717, 1.165) is 25.0 Å². The molecule has 7 heteroatoms. The number of carbonyl (C=O) groups is 1. The number of ether oxygens (including phenoxy) is 1. The number of furan rings is 2. The van der Waals surface area contributed by atoms with E-state index < -0.39 is 6.10 Å². The van der Waals surface area contributed by atoms with E-state index >= 15 is 0 Å². The van der Waals surface area contributed by atoms with Gasteiger partial charge in [-0.1, -0.05) is 26.2 Å². The van der Waals surface area contributed by atoms with E-state index in [1.54, 1.807) is 23.4 Å². The Morgan fingerprint density at radius 1 is 1.35 bits per heavy atom. The molecule has 3 rings (SSSR count). The number of nitrogens with zero attached hydrogens (tertiary/aromatic N) is 2. The van der Waals surface area contributed by atoms with Gasteiger partial charge in [0, 0.05) is 24.6 Å². The average molecular weight is 362 g/mol. The van der Waals surface area contributed by atoms with Crippen LogP contribution in [-0.4, -0.2) is 29.3 Å².